The first kappa shape index (κ1) is 12.8. The number of aromatic nitrogens is 3. The Morgan fingerprint density at radius 3 is 2.95 bits per heavy atom. The molecule has 0 radical (unpaired) electrons. The highest BCUT2D eigenvalue weighted by Gasteiger charge is 2.18. The van der Waals surface area contributed by atoms with Gasteiger partial charge in [-0.1, -0.05) is 11.3 Å². The number of aryl methyl sites for hydroxylation is 1. The Morgan fingerprint density at radius 2 is 2.25 bits per heavy atom. The SMILES string of the molecule is Cn1cc(CN2CCc3ccc(C(=O)O)cc3C2)nn1. The smallest absolute Gasteiger partial charge is 0.335 e. The molecule has 20 heavy (non-hydrogen) atoms. The Kier molecular flexibility index (Phi) is 3.23. The van der Waals surface area contributed by atoms with Gasteiger partial charge >= 0.3 is 5.97 Å². The summed E-state index contributed by atoms with van der Waals surface area (Å²) in [5.74, 6) is -0.876. The molecule has 1 aliphatic heterocycles. The minimum Gasteiger partial charge on any atom is -0.478 e. The van der Waals surface area contributed by atoms with Crippen molar-refractivity contribution in [2.45, 2.75) is 19.5 Å². The van der Waals surface area contributed by atoms with Crippen LogP contribution >= 0.6 is 0 Å². The lowest BCUT2D eigenvalue weighted by Gasteiger charge is -2.28. The molecule has 2 heterocycles. The monoisotopic (exact) mass is 272 g/mol. The average Bonchev–Trinajstić information content (AvgIpc) is 2.83. The van der Waals surface area contributed by atoms with E-state index < -0.39 is 5.97 Å². The topological polar surface area (TPSA) is 71.2 Å². The molecular weight excluding hydrogens is 256 g/mol. The van der Waals surface area contributed by atoms with Gasteiger partial charge in [0.25, 0.3) is 0 Å². The van der Waals surface area contributed by atoms with Crippen LogP contribution in [0.25, 0.3) is 0 Å². The van der Waals surface area contributed by atoms with E-state index in [1.165, 1.54) is 5.56 Å². The second-order valence-corrected chi connectivity index (χ2v) is 5.13. The molecule has 0 aliphatic carbocycles. The van der Waals surface area contributed by atoms with E-state index >= 15 is 0 Å². The van der Waals surface area contributed by atoms with Crippen LogP contribution in [0, 0.1) is 0 Å². The maximum Gasteiger partial charge on any atom is 0.335 e. The number of hydrogen-bond acceptors (Lipinski definition) is 4. The second-order valence-electron chi connectivity index (χ2n) is 5.13. The number of aromatic carboxylic acids is 1. The summed E-state index contributed by atoms with van der Waals surface area (Å²) in [5.41, 5.74) is 3.63. The molecular formula is C14H16N4O2. The number of fused-ring (bicyclic) bond motifs is 1. The van der Waals surface area contributed by atoms with Crippen molar-refractivity contribution < 1.29 is 9.90 Å². The molecule has 6 heteroatoms. The van der Waals surface area contributed by atoms with E-state index in [0.717, 1.165) is 37.3 Å². The molecule has 0 saturated carbocycles. The van der Waals surface area contributed by atoms with Gasteiger partial charge in [-0.05, 0) is 29.7 Å². The van der Waals surface area contributed by atoms with Gasteiger partial charge in [-0.25, -0.2) is 4.79 Å². The van der Waals surface area contributed by atoms with E-state index in [2.05, 4.69) is 15.2 Å². The van der Waals surface area contributed by atoms with E-state index in [1.54, 1.807) is 16.8 Å². The highest BCUT2D eigenvalue weighted by Crippen LogP contribution is 2.21. The fourth-order valence-electron chi connectivity index (χ4n) is 2.58. The molecule has 3 rings (SSSR count). The predicted molar refractivity (Wildman–Crippen MR) is 72.2 cm³/mol. The van der Waals surface area contributed by atoms with E-state index in [0.29, 0.717) is 5.56 Å². The third-order valence-corrected chi connectivity index (χ3v) is 3.58. The molecule has 0 fully saturated rings. The summed E-state index contributed by atoms with van der Waals surface area (Å²) in [7, 11) is 1.85. The van der Waals surface area contributed by atoms with Gasteiger partial charge < -0.3 is 5.11 Å². The minimum atomic E-state index is -0.876. The Morgan fingerprint density at radius 1 is 1.40 bits per heavy atom. The van der Waals surface area contributed by atoms with Crippen molar-refractivity contribution in [1.29, 1.82) is 0 Å². The van der Waals surface area contributed by atoms with Crippen molar-refractivity contribution in [3.05, 3.63) is 46.8 Å². The van der Waals surface area contributed by atoms with E-state index in [9.17, 15) is 4.79 Å². The summed E-state index contributed by atoms with van der Waals surface area (Å²) < 4.78 is 1.69. The molecule has 1 N–H and O–H groups in total. The van der Waals surface area contributed by atoms with Gasteiger partial charge in [-0.2, -0.15) is 0 Å². The van der Waals surface area contributed by atoms with Crippen LogP contribution in [0.2, 0.25) is 0 Å². The van der Waals surface area contributed by atoms with Gasteiger partial charge in [0, 0.05) is 32.9 Å². The van der Waals surface area contributed by atoms with Gasteiger partial charge in [-0.15, -0.1) is 5.10 Å². The number of rotatable bonds is 3. The summed E-state index contributed by atoms with van der Waals surface area (Å²) in [6, 6.07) is 5.39. The van der Waals surface area contributed by atoms with Crippen LogP contribution in [0.1, 0.15) is 27.2 Å². The molecule has 1 aliphatic rings. The van der Waals surface area contributed by atoms with Crippen LogP contribution in [-0.2, 0) is 26.6 Å². The number of benzene rings is 1. The number of hydrogen-bond donors (Lipinski definition) is 1. The minimum absolute atomic E-state index is 0.352. The number of carboxylic acid groups (broad SMARTS) is 1. The molecule has 0 atom stereocenters. The predicted octanol–water partition coefficient (Wildman–Crippen LogP) is 1.07. The summed E-state index contributed by atoms with van der Waals surface area (Å²) in [4.78, 5) is 13.3. The second kappa shape index (κ2) is 5.05. The standard InChI is InChI=1S/C14H16N4O2/c1-17-8-13(15-16-17)9-18-5-4-10-2-3-11(14(19)20)6-12(10)7-18/h2-3,6,8H,4-5,7,9H2,1H3,(H,19,20). The fraction of sp³-hybridized carbons (Fsp3) is 0.357. The van der Waals surface area contributed by atoms with Crippen molar-refractivity contribution in [2.24, 2.45) is 7.05 Å². The largest absolute Gasteiger partial charge is 0.478 e. The summed E-state index contributed by atoms with van der Waals surface area (Å²) in [5, 5.41) is 17.1. The summed E-state index contributed by atoms with van der Waals surface area (Å²) in [6.45, 7) is 2.45. The van der Waals surface area contributed by atoms with Crippen LogP contribution in [0.4, 0.5) is 0 Å². The van der Waals surface area contributed by atoms with Crippen molar-refractivity contribution in [3.8, 4) is 0 Å². The first-order chi connectivity index (χ1) is 9.61. The van der Waals surface area contributed by atoms with E-state index in [-0.39, 0.29) is 0 Å². The van der Waals surface area contributed by atoms with Crippen LogP contribution in [0.15, 0.2) is 24.4 Å². The Labute approximate surface area is 116 Å². The average molecular weight is 272 g/mol. The van der Waals surface area contributed by atoms with Crippen molar-refractivity contribution >= 4 is 5.97 Å². The summed E-state index contributed by atoms with van der Waals surface area (Å²) in [6.07, 6.45) is 2.85. The molecule has 0 bridgehead atoms. The lowest BCUT2D eigenvalue weighted by molar-refractivity contribution is 0.0696. The molecule has 2 aromatic rings. The molecule has 6 nitrogen and oxygen atoms in total. The zero-order chi connectivity index (χ0) is 14.1. The van der Waals surface area contributed by atoms with E-state index in [4.69, 9.17) is 5.11 Å². The fourth-order valence-corrected chi connectivity index (χ4v) is 2.58. The quantitative estimate of drug-likeness (QED) is 0.905. The van der Waals surface area contributed by atoms with Crippen LogP contribution in [0.3, 0.4) is 0 Å². The number of carbonyl (C=O) groups is 1. The zero-order valence-corrected chi connectivity index (χ0v) is 11.3. The Balaban J connectivity index is 1.76. The highest BCUT2D eigenvalue weighted by molar-refractivity contribution is 5.87. The van der Waals surface area contributed by atoms with Gasteiger partial charge in [0.05, 0.1) is 11.3 Å². The van der Waals surface area contributed by atoms with Gasteiger partial charge in [-0.3, -0.25) is 9.58 Å². The van der Waals surface area contributed by atoms with Crippen LogP contribution in [-0.4, -0.2) is 37.5 Å². The van der Waals surface area contributed by atoms with Crippen LogP contribution < -0.4 is 0 Å². The maximum absolute atomic E-state index is 11.0. The molecule has 1 aromatic heterocycles. The molecule has 0 amide bonds. The first-order valence-electron chi connectivity index (χ1n) is 6.54. The van der Waals surface area contributed by atoms with Crippen molar-refractivity contribution in [2.75, 3.05) is 6.54 Å². The van der Waals surface area contributed by atoms with Gasteiger partial charge in [0.2, 0.25) is 0 Å². The molecule has 0 spiro atoms. The van der Waals surface area contributed by atoms with Gasteiger partial charge in [0.15, 0.2) is 0 Å². The third-order valence-electron chi connectivity index (χ3n) is 3.58. The molecule has 104 valence electrons. The molecule has 1 aromatic carbocycles. The third kappa shape index (κ3) is 2.55. The van der Waals surface area contributed by atoms with Crippen molar-refractivity contribution in [3.63, 3.8) is 0 Å². The highest BCUT2D eigenvalue weighted by atomic mass is 16.4. The maximum atomic E-state index is 11.0. The Bertz CT molecular complexity index is 650. The van der Waals surface area contributed by atoms with Crippen LogP contribution in [0.5, 0.6) is 0 Å². The van der Waals surface area contributed by atoms with Crippen molar-refractivity contribution in [1.82, 2.24) is 19.9 Å². The molecule has 0 saturated heterocycles. The number of carboxylic acids is 1. The normalized spacial score (nSPS) is 15.1. The first-order valence-corrected chi connectivity index (χ1v) is 6.54. The summed E-state index contributed by atoms with van der Waals surface area (Å²) >= 11 is 0. The Hall–Kier alpha value is -2.21. The zero-order valence-electron chi connectivity index (χ0n) is 11.3. The lowest BCUT2D eigenvalue weighted by Crippen LogP contribution is -2.30. The lowest BCUT2D eigenvalue weighted by atomic mass is 9.97. The van der Waals surface area contributed by atoms with E-state index in [1.807, 2.05) is 19.3 Å². The number of nitrogens with zero attached hydrogens (tertiary/aromatic N) is 4. The molecule has 0 unspecified atom stereocenters. The van der Waals surface area contributed by atoms with Gasteiger partial charge in [0.1, 0.15) is 0 Å².